The van der Waals surface area contributed by atoms with E-state index < -0.39 is 0 Å². The molecule has 0 radical (unpaired) electrons. The Hall–Kier alpha value is -3.90. The van der Waals surface area contributed by atoms with Crippen LogP contribution in [-0.2, 0) is 7.05 Å². The first kappa shape index (κ1) is 17.7. The summed E-state index contributed by atoms with van der Waals surface area (Å²) in [5.74, 6) is 0. The monoisotopic (exact) mass is 419 g/mol. The van der Waals surface area contributed by atoms with Crippen LogP contribution in [-0.4, -0.2) is 0 Å². The second kappa shape index (κ2) is 7.35. The first-order valence-corrected chi connectivity index (χ1v) is 10.6. The van der Waals surface area contributed by atoms with Crippen LogP contribution in [0, 0.1) is 34.3 Å². The molecule has 0 aliphatic heterocycles. The fraction of sp³-hybridized carbons (Fsp3) is 0.172. The van der Waals surface area contributed by atoms with Crippen LogP contribution in [0.5, 0.6) is 0 Å². The average molecular weight is 420 g/mol. The van der Waals surface area contributed by atoms with E-state index in [-0.39, 0.29) is 0 Å². The smallest absolute Gasteiger partial charge is 0.216 e. The molecule has 3 aromatic carbocycles. The molecule has 0 unspecified atom stereocenters. The minimum absolute atomic E-state index is 0.328. The maximum atomic E-state index is 8.86. The van der Waals surface area contributed by atoms with Gasteiger partial charge in [0, 0.05) is 35.3 Å². The van der Waals surface area contributed by atoms with Crippen molar-refractivity contribution in [2.24, 2.45) is 7.05 Å². The van der Waals surface area contributed by atoms with E-state index in [1.165, 1.54) is 0 Å². The summed E-state index contributed by atoms with van der Waals surface area (Å²) >= 11 is 0. The largest absolute Gasteiger partial charge is 0.456 e. The van der Waals surface area contributed by atoms with Crippen molar-refractivity contribution in [3.63, 3.8) is 0 Å². The molecule has 0 aliphatic rings. The summed E-state index contributed by atoms with van der Waals surface area (Å²) in [6, 6.07) is 16.8. The molecular weight excluding hydrogens is 392 g/mol. The molecule has 2 heterocycles. The number of nitrogens with zero attached hydrogens (tertiary/aromatic N) is 2. The molecule has 0 atom stereocenters. The lowest BCUT2D eigenvalue weighted by Gasteiger charge is -2.08. The summed E-state index contributed by atoms with van der Waals surface area (Å²) in [6.45, 7) is 15.6. The zero-order valence-electron chi connectivity index (χ0n) is 20.9. The van der Waals surface area contributed by atoms with E-state index in [4.69, 9.17) is 13.7 Å². The second-order valence-electron chi connectivity index (χ2n) is 8.42. The molecule has 0 saturated heterocycles. The van der Waals surface area contributed by atoms with Crippen molar-refractivity contribution >= 4 is 27.6 Å². The van der Waals surface area contributed by atoms with Gasteiger partial charge in [-0.2, -0.15) is 4.57 Å². The Morgan fingerprint density at radius 3 is 2.16 bits per heavy atom. The van der Waals surface area contributed by atoms with E-state index in [9.17, 15) is 0 Å². The van der Waals surface area contributed by atoms with Crippen molar-refractivity contribution in [1.82, 2.24) is 0 Å². The van der Waals surface area contributed by atoms with E-state index in [0.29, 0.717) is 34.5 Å². The molecule has 2 aromatic heterocycles. The number of fused-ring (bicyclic) bond motifs is 3. The summed E-state index contributed by atoms with van der Waals surface area (Å²) in [7, 11) is 1.90. The van der Waals surface area contributed by atoms with Gasteiger partial charge in [-0.1, -0.05) is 54.1 Å². The lowest BCUT2D eigenvalue weighted by Crippen LogP contribution is -2.35. The highest BCUT2D eigenvalue weighted by atomic mass is 16.3. The average Bonchev–Trinajstić information content (AvgIpc) is 3.21. The third kappa shape index (κ3) is 2.99. The highest BCUT2D eigenvalue weighted by Crippen LogP contribution is 2.44. The number of hydrogen-bond acceptors (Lipinski definition) is 1. The van der Waals surface area contributed by atoms with Crippen LogP contribution in [0.3, 0.4) is 0 Å². The Bertz CT molecular complexity index is 1640. The molecule has 0 bridgehead atoms. The zero-order chi connectivity index (χ0) is 24.3. The predicted molar refractivity (Wildman–Crippen MR) is 131 cm³/mol. The van der Waals surface area contributed by atoms with Gasteiger partial charge in [0.25, 0.3) is 0 Å². The van der Waals surface area contributed by atoms with Gasteiger partial charge in [-0.25, -0.2) is 4.85 Å². The van der Waals surface area contributed by atoms with Gasteiger partial charge in [-0.15, -0.1) is 0 Å². The molecule has 0 fully saturated rings. The number of hydrogen-bond donors (Lipinski definition) is 0. The second-order valence-corrected chi connectivity index (χ2v) is 8.42. The quantitative estimate of drug-likeness (QED) is 0.214. The Labute approximate surface area is 191 Å². The van der Waals surface area contributed by atoms with Crippen LogP contribution >= 0.6 is 0 Å². The maximum absolute atomic E-state index is 8.86. The van der Waals surface area contributed by atoms with Crippen LogP contribution in [0.4, 0.5) is 5.69 Å². The fourth-order valence-electron chi connectivity index (χ4n) is 4.42. The number of aryl methyl sites for hydroxylation is 2. The molecule has 0 aliphatic carbocycles. The lowest BCUT2D eigenvalue weighted by atomic mass is 9.97. The topological polar surface area (TPSA) is 21.4 Å². The Balaban J connectivity index is 1.94. The molecule has 0 amide bonds. The number of benzene rings is 3. The predicted octanol–water partition coefficient (Wildman–Crippen LogP) is 7.53. The molecule has 0 N–H and O–H groups in total. The molecule has 3 nitrogen and oxygen atoms in total. The van der Waals surface area contributed by atoms with Gasteiger partial charge in [0.2, 0.25) is 5.69 Å². The number of aromatic nitrogens is 1. The molecular formula is C29H25N2O+. The summed E-state index contributed by atoms with van der Waals surface area (Å²) in [4.78, 5) is 3.78. The minimum atomic E-state index is 0.328. The molecule has 0 saturated carbocycles. The van der Waals surface area contributed by atoms with Gasteiger partial charge in [-0.05, 0) is 37.5 Å². The third-order valence-corrected chi connectivity index (χ3v) is 6.21. The van der Waals surface area contributed by atoms with Crippen molar-refractivity contribution in [2.75, 3.05) is 0 Å². The molecule has 156 valence electrons. The van der Waals surface area contributed by atoms with Crippen LogP contribution < -0.4 is 4.57 Å². The van der Waals surface area contributed by atoms with E-state index >= 15 is 0 Å². The SMILES string of the molecule is [2H]c1c(C)c([2H])c(-c2c(C)ccc3c2oc2c(-c4ccc(C)cc4)c([N+]#[C-])ccc23)[n+](C)c1C. The first-order valence-electron chi connectivity index (χ1n) is 11.6. The summed E-state index contributed by atoms with van der Waals surface area (Å²) in [6.07, 6.45) is 0. The first-order chi connectivity index (χ1) is 16.2. The highest BCUT2D eigenvalue weighted by Gasteiger charge is 2.24. The molecule has 0 spiro atoms. The van der Waals surface area contributed by atoms with Crippen molar-refractivity contribution < 1.29 is 11.7 Å². The van der Waals surface area contributed by atoms with Crippen LogP contribution in [0.2, 0.25) is 0 Å². The van der Waals surface area contributed by atoms with Gasteiger partial charge in [0.15, 0.2) is 11.4 Å². The Morgan fingerprint density at radius 1 is 0.812 bits per heavy atom. The molecule has 5 rings (SSSR count). The summed E-state index contributed by atoms with van der Waals surface area (Å²) in [5, 5.41) is 1.89. The van der Waals surface area contributed by atoms with Crippen LogP contribution in [0.1, 0.15) is 25.1 Å². The number of furan rings is 1. The van der Waals surface area contributed by atoms with Gasteiger partial charge in [0.05, 0.1) is 14.9 Å². The van der Waals surface area contributed by atoms with Crippen molar-refractivity contribution in [2.45, 2.75) is 27.7 Å². The van der Waals surface area contributed by atoms with Crippen LogP contribution in [0.25, 0.3) is 49.2 Å². The fourth-order valence-corrected chi connectivity index (χ4v) is 4.42. The van der Waals surface area contributed by atoms with E-state index in [1.54, 1.807) is 0 Å². The van der Waals surface area contributed by atoms with Crippen LogP contribution in [0.15, 0.2) is 65.0 Å². The number of rotatable bonds is 2. The summed E-state index contributed by atoms with van der Waals surface area (Å²) < 4.78 is 25.8. The van der Waals surface area contributed by atoms with E-state index in [1.807, 2.05) is 75.7 Å². The van der Waals surface area contributed by atoms with Gasteiger partial charge in [-0.3, -0.25) is 0 Å². The maximum Gasteiger partial charge on any atom is 0.216 e. The zero-order valence-corrected chi connectivity index (χ0v) is 18.9. The lowest BCUT2D eigenvalue weighted by molar-refractivity contribution is -0.666. The highest BCUT2D eigenvalue weighted by molar-refractivity contribution is 6.15. The van der Waals surface area contributed by atoms with E-state index in [2.05, 4.69) is 17.0 Å². The normalized spacial score (nSPS) is 12.1. The van der Waals surface area contributed by atoms with Gasteiger partial charge >= 0.3 is 0 Å². The Morgan fingerprint density at radius 2 is 1.47 bits per heavy atom. The van der Waals surface area contributed by atoms with Gasteiger partial charge < -0.3 is 4.42 Å². The standard InChI is InChI=1S/C29H25N2O/c1-17-7-10-21(11-8-17)27-24(30-5)14-13-23-22-12-9-19(3)26(28(22)32-29(23)27)25-16-18(2)15-20(4)31(25)6/h7-16H,1-4,6H3/q+1/i15D,16D. The minimum Gasteiger partial charge on any atom is -0.456 e. The van der Waals surface area contributed by atoms with E-state index in [0.717, 1.165) is 50.0 Å². The molecule has 5 aromatic rings. The molecule has 3 heteroatoms. The van der Waals surface area contributed by atoms with Gasteiger partial charge in [0.1, 0.15) is 18.2 Å². The van der Waals surface area contributed by atoms with Crippen molar-refractivity contribution in [3.05, 3.63) is 94.4 Å². The third-order valence-electron chi connectivity index (χ3n) is 6.21. The Kier molecular flexibility index (Phi) is 4.08. The molecule has 32 heavy (non-hydrogen) atoms. The van der Waals surface area contributed by atoms with Crippen molar-refractivity contribution in [1.29, 1.82) is 0 Å². The van der Waals surface area contributed by atoms with Crippen molar-refractivity contribution in [3.8, 4) is 22.4 Å². The summed E-state index contributed by atoms with van der Waals surface area (Å²) in [5.41, 5.74) is 8.84. The number of pyridine rings is 1.